The van der Waals surface area contributed by atoms with Crippen LogP contribution in [0.3, 0.4) is 0 Å². The molecule has 0 spiro atoms. The Kier molecular flexibility index (Phi) is 2.94. The first-order valence-electron chi connectivity index (χ1n) is 6.64. The van der Waals surface area contributed by atoms with E-state index in [9.17, 15) is 0 Å². The maximum absolute atomic E-state index is 6.10. The summed E-state index contributed by atoms with van der Waals surface area (Å²) in [5.74, 6) is 1.25. The van der Waals surface area contributed by atoms with E-state index in [0.29, 0.717) is 5.88 Å². The molecule has 4 rings (SSSR count). The largest absolute Gasteiger partial charge is 0.295 e. The van der Waals surface area contributed by atoms with Crippen molar-refractivity contribution in [3.8, 4) is 5.69 Å². The Morgan fingerprint density at radius 2 is 2.00 bits per heavy atom. The summed E-state index contributed by atoms with van der Waals surface area (Å²) >= 11 is 7.74. The lowest BCUT2D eigenvalue weighted by Gasteiger charge is -2.08. The van der Waals surface area contributed by atoms with Crippen LogP contribution in [0, 0.1) is 6.92 Å². The molecule has 0 fully saturated rings. The third-order valence-electron chi connectivity index (χ3n) is 3.57. The van der Waals surface area contributed by atoms with Crippen molar-refractivity contribution in [1.82, 2.24) is 14.5 Å². The van der Waals surface area contributed by atoms with Gasteiger partial charge in [-0.3, -0.25) is 4.57 Å². The first kappa shape index (κ1) is 12.8. The molecular weight excluding hydrogens is 302 g/mol. The first-order valence-corrected chi connectivity index (χ1v) is 8.05. The number of aryl methyl sites for hydroxylation is 1. The molecule has 4 aromatic rings. The van der Waals surface area contributed by atoms with Crippen LogP contribution in [0.5, 0.6) is 0 Å². The van der Waals surface area contributed by atoms with Crippen molar-refractivity contribution in [1.29, 1.82) is 0 Å². The number of hydrogen-bond acceptors (Lipinski definition) is 3. The van der Waals surface area contributed by atoms with Crippen LogP contribution in [0.15, 0.2) is 41.9 Å². The summed E-state index contributed by atoms with van der Waals surface area (Å²) in [6, 6.07) is 12.5. The van der Waals surface area contributed by atoms with Gasteiger partial charge in [0, 0.05) is 5.69 Å². The molecule has 0 aliphatic rings. The molecule has 0 saturated heterocycles. The van der Waals surface area contributed by atoms with Crippen molar-refractivity contribution in [2.24, 2.45) is 0 Å². The van der Waals surface area contributed by atoms with E-state index in [0.717, 1.165) is 28.1 Å². The van der Waals surface area contributed by atoms with E-state index in [1.165, 1.54) is 10.3 Å². The highest BCUT2D eigenvalue weighted by molar-refractivity contribution is 7.16. The van der Waals surface area contributed by atoms with Crippen molar-refractivity contribution in [2.75, 3.05) is 0 Å². The van der Waals surface area contributed by atoms with Crippen LogP contribution in [-0.4, -0.2) is 14.5 Å². The van der Waals surface area contributed by atoms with Gasteiger partial charge in [0.2, 0.25) is 0 Å². The van der Waals surface area contributed by atoms with Crippen molar-refractivity contribution < 1.29 is 0 Å². The number of alkyl halides is 1. The van der Waals surface area contributed by atoms with E-state index in [1.807, 2.05) is 17.6 Å². The van der Waals surface area contributed by atoms with Crippen LogP contribution < -0.4 is 0 Å². The molecule has 0 aliphatic carbocycles. The van der Waals surface area contributed by atoms with Gasteiger partial charge in [0.1, 0.15) is 5.82 Å². The summed E-state index contributed by atoms with van der Waals surface area (Å²) in [5.41, 5.74) is 7.25. The Labute approximate surface area is 130 Å². The lowest BCUT2D eigenvalue weighted by Crippen LogP contribution is -1.99. The summed E-state index contributed by atoms with van der Waals surface area (Å²) in [5, 5.41) is 0. The number of halogens is 1. The van der Waals surface area contributed by atoms with Crippen LogP contribution in [0.1, 0.15) is 11.4 Å². The number of hydrogen-bond donors (Lipinski definition) is 0. The second-order valence-electron chi connectivity index (χ2n) is 4.99. The molecule has 0 unspecified atom stereocenters. The molecule has 0 atom stereocenters. The minimum Gasteiger partial charge on any atom is -0.295 e. The molecule has 0 amide bonds. The third-order valence-corrected chi connectivity index (χ3v) is 4.60. The fourth-order valence-electron chi connectivity index (χ4n) is 2.60. The van der Waals surface area contributed by atoms with Crippen LogP contribution in [0.2, 0.25) is 0 Å². The van der Waals surface area contributed by atoms with Gasteiger partial charge in [0.15, 0.2) is 0 Å². The molecule has 0 bridgehead atoms. The van der Waals surface area contributed by atoms with Crippen molar-refractivity contribution in [2.45, 2.75) is 12.8 Å². The van der Waals surface area contributed by atoms with Gasteiger partial charge >= 0.3 is 0 Å². The maximum atomic E-state index is 6.10. The average Bonchev–Trinajstić information content (AvgIpc) is 3.09. The van der Waals surface area contributed by atoms with E-state index in [-0.39, 0.29) is 0 Å². The minimum atomic E-state index is 0.383. The number of aromatic nitrogens is 3. The standard InChI is InChI=1S/C16H12ClN3S/c1-10-2-4-12-14(6-10)20(16(8-17)19-12)11-3-5-13-15(7-11)21-9-18-13/h2-7,9H,8H2,1H3. The molecule has 5 heteroatoms. The van der Waals surface area contributed by atoms with E-state index < -0.39 is 0 Å². The second kappa shape index (κ2) is 4.83. The predicted octanol–water partition coefficient (Wildman–Crippen LogP) is 4.68. The van der Waals surface area contributed by atoms with Crippen LogP contribution in [-0.2, 0) is 5.88 Å². The number of imidazole rings is 1. The number of thiazole rings is 1. The molecule has 2 heterocycles. The maximum Gasteiger partial charge on any atom is 0.129 e. The Hall–Kier alpha value is -1.91. The first-order chi connectivity index (χ1) is 10.3. The average molecular weight is 314 g/mol. The van der Waals surface area contributed by atoms with Gasteiger partial charge in [0.05, 0.1) is 32.6 Å². The van der Waals surface area contributed by atoms with Crippen LogP contribution >= 0.6 is 22.9 Å². The van der Waals surface area contributed by atoms with E-state index in [1.54, 1.807) is 11.3 Å². The fraction of sp³-hybridized carbons (Fsp3) is 0.125. The SMILES string of the molecule is Cc1ccc2nc(CCl)n(-c3ccc4ncsc4c3)c2c1. The fourth-order valence-corrected chi connectivity index (χ4v) is 3.49. The van der Waals surface area contributed by atoms with Gasteiger partial charge in [-0.05, 0) is 42.8 Å². The Balaban J connectivity index is 2.05. The minimum absolute atomic E-state index is 0.383. The Morgan fingerprint density at radius 1 is 1.14 bits per heavy atom. The van der Waals surface area contributed by atoms with Gasteiger partial charge in [-0.1, -0.05) is 6.07 Å². The smallest absolute Gasteiger partial charge is 0.129 e. The monoisotopic (exact) mass is 313 g/mol. The van der Waals surface area contributed by atoms with E-state index in [4.69, 9.17) is 11.6 Å². The normalized spacial score (nSPS) is 11.5. The van der Waals surface area contributed by atoms with Crippen LogP contribution in [0.4, 0.5) is 0 Å². The van der Waals surface area contributed by atoms with Gasteiger partial charge in [-0.2, -0.15) is 0 Å². The van der Waals surface area contributed by atoms with E-state index in [2.05, 4.69) is 45.7 Å². The molecule has 3 nitrogen and oxygen atoms in total. The zero-order valence-electron chi connectivity index (χ0n) is 11.4. The highest BCUT2D eigenvalue weighted by atomic mass is 35.5. The summed E-state index contributed by atoms with van der Waals surface area (Å²) in [7, 11) is 0. The molecule has 21 heavy (non-hydrogen) atoms. The van der Waals surface area contributed by atoms with Gasteiger partial charge < -0.3 is 0 Å². The molecule has 0 radical (unpaired) electrons. The molecule has 2 aromatic carbocycles. The number of fused-ring (bicyclic) bond motifs is 2. The number of benzene rings is 2. The molecule has 104 valence electrons. The zero-order chi connectivity index (χ0) is 14.4. The molecule has 0 N–H and O–H groups in total. The van der Waals surface area contributed by atoms with Gasteiger partial charge in [-0.15, -0.1) is 22.9 Å². The Bertz CT molecular complexity index is 955. The van der Waals surface area contributed by atoms with Crippen molar-refractivity contribution in [3.63, 3.8) is 0 Å². The summed E-state index contributed by atoms with van der Waals surface area (Å²) < 4.78 is 3.30. The zero-order valence-corrected chi connectivity index (χ0v) is 12.9. The third kappa shape index (κ3) is 2.03. The number of rotatable bonds is 2. The highest BCUT2D eigenvalue weighted by Crippen LogP contribution is 2.27. The second-order valence-corrected chi connectivity index (χ2v) is 6.15. The summed E-state index contributed by atoms with van der Waals surface area (Å²) in [4.78, 5) is 8.96. The molecule has 0 saturated carbocycles. The van der Waals surface area contributed by atoms with E-state index >= 15 is 0 Å². The molecular formula is C16H12ClN3S. The quantitative estimate of drug-likeness (QED) is 0.503. The van der Waals surface area contributed by atoms with Crippen molar-refractivity contribution in [3.05, 3.63) is 53.3 Å². The van der Waals surface area contributed by atoms with Gasteiger partial charge in [0.25, 0.3) is 0 Å². The lowest BCUT2D eigenvalue weighted by molar-refractivity contribution is 0.983. The van der Waals surface area contributed by atoms with Crippen LogP contribution in [0.25, 0.3) is 26.9 Å². The van der Waals surface area contributed by atoms with Crippen molar-refractivity contribution >= 4 is 44.2 Å². The topological polar surface area (TPSA) is 30.7 Å². The Morgan fingerprint density at radius 3 is 2.86 bits per heavy atom. The molecule has 0 aliphatic heterocycles. The predicted molar refractivity (Wildman–Crippen MR) is 88.5 cm³/mol. The summed E-state index contributed by atoms with van der Waals surface area (Å²) in [6.45, 7) is 2.09. The van der Waals surface area contributed by atoms with Gasteiger partial charge in [-0.25, -0.2) is 9.97 Å². The number of nitrogens with zero attached hydrogens (tertiary/aromatic N) is 3. The highest BCUT2D eigenvalue weighted by Gasteiger charge is 2.12. The lowest BCUT2D eigenvalue weighted by atomic mass is 10.2. The molecule has 2 aromatic heterocycles. The summed E-state index contributed by atoms with van der Waals surface area (Å²) in [6.07, 6.45) is 0.